The van der Waals surface area contributed by atoms with Crippen LogP contribution >= 0.6 is 0 Å². The van der Waals surface area contributed by atoms with Gasteiger partial charge in [0, 0.05) is 5.41 Å². The van der Waals surface area contributed by atoms with Gasteiger partial charge in [0.1, 0.15) is 5.78 Å². The lowest BCUT2D eigenvalue weighted by Crippen LogP contribution is -2.29. The zero-order valence-corrected chi connectivity index (χ0v) is 9.36. The van der Waals surface area contributed by atoms with Crippen LogP contribution in [0.25, 0.3) is 0 Å². The number of ketones is 1. The molecule has 0 aromatic rings. The second-order valence-corrected chi connectivity index (χ2v) is 5.76. The number of carbonyl (C=O) groups excluding carboxylic acids is 1. The molecule has 0 amide bonds. The SMILES string of the molecule is CNS(=O)(=O)CCC(C)(C)C(C)=O. The van der Waals surface area contributed by atoms with Gasteiger partial charge < -0.3 is 0 Å². The molecule has 0 atom stereocenters. The van der Waals surface area contributed by atoms with Crippen LogP contribution in [0.4, 0.5) is 0 Å². The highest BCUT2D eigenvalue weighted by molar-refractivity contribution is 7.89. The van der Waals surface area contributed by atoms with Crippen LogP contribution in [0, 0.1) is 5.41 Å². The van der Waals surface area contributed by atoms with Gasteiger partial charge in [-0.05, 0) is 20.4 Å². The van der Waals surface area contributed by atoms with Crippen LogP contribution in [0.1, 0.15) is 27.2 Å². The fourth-order valence-corrected chi connectivity index (χ4v) is 1.65. The second kappa shape index (κ2) is 4.19. The van der Waals surface area contributed by atoms with E-state index in [4.69, 9.17) is 0 Å². The van der Waals surface area contributed by atoms with Gasteiger partial charge in [-0.15, -0.1) is 0 Å². The van der Waals surface area contributed by atoms with E-state index in [0.29, 0.717) is 6.42 Å². The topological polar surface area (TPSA) is 63.2 Å². The van der Waals surface area contributed by atoms with Crippen LogP contribution in [0.15, 0.2) is 0 Å². The minimum Gasteiger partial charge on any atom is -0.299 e. The van der Waals surface area contributed by atoms with E-state index >= 15 is 0 Å². The van der Waals surface area contributed by atoms with Gasteiger partial charge in [-0.25, -0.2) is 13.1 Å². The summed E-state index contributed by atoms with van der Waals surface area (Å²) in [5.74, 6) is 0.00889. The summed E-state index contributed by atoms with van der Waals surface area (Å²) in [5, 5.41) is 0. The van der Waals surface area contributed by atoms with Crippen LogP contribution < -0.4 is 4.72 Å². The summed E-state index contributed by atoms with van der Waals surface area (Å²) in [6.07, 6.45) is 0.353. The van der Waals surface area contributed by atoms with E-state index in [1.165, 1.54) is 14.0 Å². The summed E-state index contributed by atoms with van der Waals surface area (Å²) in [6.45, 7) is 4.98. The number of sulfonamides is 1. The molecule has 13 heavy (non-hydrogen) atoms. The van der Waals surface area contributed by atoms with Crippen molar-refractivity contribution in [1.29, 1.82) is 0 Å². The molecule has 1 N–H and O–H groups in total. The number of carbonyl (C=O) groups is 1. The third kappa shape index (κ3) is 4.38. The Bertz CT molecular complexity index is 280. The van der Waals surface area contributed by atoms with Crippen molar-refractivity contribution >= 4 is 15.8 Å². The van der Waals surface area contributed by atoms with Crippen LogP contribution in [-0.4, -0.2) is 27.0 Å². The summed E-state index contributed by atoms with van der Waals surface area (Å²) in [5.41, 5.74) is -0.552. The maximum absolute atomic E-state index is 11.1. The number of nitrogens with one attached hydrogen (secondary N) is 1. The Kier molecular flexibility index (Phi) is 4.06. The van der Waals surface area contributed by atoms with E-state index in [9.17, 15) is 13.2 Å². The van der Waals surface area contributed by atoms with Crippen molar-refractivity contribution in [2.45, 2.75) is 27.2 Å². The monoisotopic (exact) mass is 207 g/mol. The van der Waals surface area contributed by atoms with Crippen LogP contribution in [-0.2, 0) is 14.8 Å². The Morgan fingerprint density at radius 2 is 1.85 bits per heavy atom. The van der Waals surface area contributed by atoms with Crippen LogP contribution in [0.2, 0.25) is 0 Å². The van der Waals surface area contributed by atoms with Gasteiger partial charge in [-0.1, -0.05) is 13.8 Å². The summed E-state index contributed by atoms with van der Waals surface area (Å²) < 4.78 is 24.3. The van der Waals surface area contributed by atoms with Gasteiger partial charge in [-0.2, -0.15) is 0 Å². The van der Waals surface area contributed by atoms with E-state index in [2.05, 4.69) is 4.72 Å². The average Bonchev–Trinajstić information content (AvgIpc) is 2.01. The molecule has 0 rings (SSSR count). The molecule has 0 saturated heterocycles. The quantitative estimate of drug-likeness (QED) is 0.715. The third-order valence-electron chi connectivity index (χ3n) is 2.26. The number of Topliss-reactive ketones (excluding diaryl/α,β-unsaturated/α-hetero) is 1. The normalized spacial score (nSPS) is 12.9. The maximum Gasteiger partial charge on any atom is 0.211 e. The lowest BCUT2D eigenvalue weighted by Gasteiger charge is -2.20. The Hall–Kier alpha value is -0.420. The predicted molar refractivity (Wildman–Crippen MR) is 51.9 cm³/mol. The molecule has 0 saturated carbocycles. The van der Waals surface area contributed by atoms with Gasteiger partial charge in [-0.3, -0.25) is 4.79 Å². The molecule has 0 spiro atoms. The van der Waals surface area contributed by atoms with Gasteiger partial charge in [0.05, 0.1) is 5.75 Å². The highest BCUT2D eigenvalue weighted by Gasteiger charge is 2.25. The van der Waals surface area contributed by atoms with E-state index < -0.39 is 15.4 Å². The number of hydrogen-bond acceptors (Lipinski definition) is 3. The summed E-state index contributed by atoms with van der Waals surface area (Å²) in [4.78, 5) is 11.1. The molecule has 0 unspecified atom stereocenters. The standard InChI is InChI=1S/C8H17NO3S/c1-7(10)8(2,3)5-6-13(11,12)9-4/h9H,5-6H2,1-4H3. The zero-order valence-electron chi connectivity index (χ0n) is 8.55. The van der Waals surface area contributed by atoms with Crippen molar-refractivity contribution in [2.24, 2.45) is 5.41 Å². The fourth-order valence-electron chi connectivity index (χ4n) is 0.668. The molecule has 0 aliphatic rings. The highest BCUT2D eigenvalue weighted by Crippen LogP contribution is 2.21. The second-order valence-electron chi connectivity index (χ2n) is 3.71. The molecule has 0 fully saturated rings. The first-order chi connectivity index (χ1) is 5.71. The largest absolute Gasteiger partial charge is 0.299 e. The Labute approximate surface area is 79.8 Å². The van der Waals surface area contributed by atoms with Gasteiger partial charge in [0.15, 0.2) is 0 Å². The Morgan fingerprint density at radius 3 is 2.15 bits per heavy atom. The molecule has 0 heterocycles. The first-order valence-corrected chi connectivity index (χ1v) is 5.79. The molecule has 4 nitrogen and oxygen atoms in total. The number of rotatable bonds is 5. The van der Waals surface area contributed by atoms with Crippen molar-refractivity contribution in [3.05, 3.63) is 0 Å². The summed E-state index contributed by atoms with van der Waals surface area (Å²) in [6, 6.07) is 0. The molecule has 0 bridgehead atoms. The maximum atomic E-state index is 11.1. The molecule has 0 aliphatic heterocycles. The molecule has 0 aliphatic carbocycles. The van der Waals surface area contributed by atoms with E-state index in [-0.39, 0.29) is 11.5 Å². The fraction of sp³-hybridized carbons (Fsp3) is 0.875. The third-order valence-corrected chi connectivity index (χ3v) is 3.62. The van der Waals surface area contributed by atoms with Gasteiger partial charge in [0.25, 0.3) is 0 Å². The molecule has 78 valence electrons. The van der Waals surface area contributed by atoms with Crippen molar-refractivity contribution in [3.8, 4) is 0 Å². The zero-order chi connectivity index (χ0) is 10.7. The molecule has 0 aromatic carbocycles. The minimum atomic E-state index is -3.19. The number of hydrogen-bond donors (Lipinski definition) is 1. The molecule has 5 heteroatoms. The Morgan fingerprint density at radius 1 is 1.38 bits per heavy atom. The van der Waals surface area contributed by atoms with E-state index in [1.54, 1.807) is 13.8 Å². The van der Waals surface area contributed by atoms with Gasteiger partial charge >= 0.3 is 0 Å². The van der Waals surface area contributed by atoms with Crippen LogP contribution in [0.3, 0.4) is 0 Å². The van der Waals surface area contributed by atoms with Crippen molar-refractivity contribution in [1.82, 2.24) is 4.72 Å². The highest BCUT2D eigenvalue weighted by atomic mass is 32.2. The lowest BCUT2D eigenvalue weighted by atomic mass is 9.86. The van der Waals surface area contributed by atoms with Crippen molar-refractivity contribution in [3.63, 3.8) is 0 Å². The predicted octanol–water partition coefficient (Wildman–Crippen LogP) is 0.541. The first kappa shape index (κ1) is 12.6. The Balaban J connectivity index is 4.26. The van der Waals surface area contributed by atoms with E-state index in [0.717, 1.165) is 0 Å². The molecular formula is C8H17NO3S. The molecular weight excluding hydrogens is 190 g/mol. The smallest absolute Gasteiger partial charge is 0.211 e. The van der Waals surface area contributed by atoms with Crippen molar-refractivity contribution < 1.29 is 13.2 Å². The van der Waals surface area contributed by atoms with Crippen LogP contribution in [0.5, 0.6) is 0 Å². The molecule has 0 radical (unpaired) electrons. The average molecular weight is 207 g/mol. The first-order valence-electron chi connectivity index (χ1n) is 4.13. The van der Waals surface area contributed by atoms with Gasteiger partial charge in [0.2, 0.25) is 10.0 Å². The summed E-state index contributed by atoms with van der Waals surface area (Å²) in [7, 11) is -1.82. The lowest BCUT2D eigenvalue weighted by molar-refractivity contribution is -0.124. The summed E-state index contributed by atoms with van der Waals surface area (Å²) >= 11 is 0. The van der Waals surface area contributed by atoms with E-state index in [1.807, 2.05) is 0 Å². The minimum absolute atomic E-state index is 0.00389. The van der Waals surface area contributed by atoms with Crippen molar-refractivity contribution in [2.75, 3.05) is 12.8 Å². The molecule has 0 aromatic heterocycles.